The van der Waals surface area contributed by atoms with Gasteiger partial charge in [-0.1, -0.05) is 30.3 Å². The highest BCUT2D eigenvalue weighted by atomic mass is 19.1. The largest absolute Gasteiger partial charge is 0.298 e. The zero-order chi connectivity index (χ0) is 18.8. The Labute approximate surface area is 158 Å². The van der Waals surface area contributed by atoms with Gasteiger partial charge in [-0.2, -0.15) is 5.10 Å². The van der Waals surface area contributed by atoms with Crippen molar-refractivity contribution < 1.29 is 8.78 Å². The van der Waals surface area contributed by atoms with Crippen molar-refractivity contribution in [2.24, 2.45) is 0 Å². The summed E-state index contributed by atoms with van der Waals surface area (Å²) in [5, 5.41) is 7.12. The summed E-state index contributed by atoms with van der Waals surface area (Å²) in [6.45, 7) is 4.90. The average Bonchev–Trinajstić information content (AvgIpc) is 3.13. The topological polar surface area (TPSA) is 31.9 Å². The van der Waals surface area contributed by atoms with Crippen LogP contribution in [0.5, 0.6) is 0 Å². The number of hydrogen-bond acceptors (Lipinski definition) is 2. The van der Waals surface area contributed by atoms with Crippen molar-refractivity contribution in [1.29, 1.82) is 0 Å². The van der Waals surface area contributed by atoms with Gasteiger partial charge >= 0.3 is 0 Å². The average molecular weight is 367 g/mol. The van der Waals surface area contributed by atoms with Crippen molar-refractivity contribution in [3.63, 3.8) is 0 Å². The van der Waals surface area contributed by atoms with E-state index in [1.165, 1.54) is 35.5 Å². The molecule has 0 radical (unpaired) electrons. The van der Waals surface area contributed by atoms with Crippen molar-refractivity contribution in [3.8, 4) is 11.1 Å². The third kappa shape index (κ3) is 3.65. The molecule has 1 atom stereocenters. The second-order valence-electron chi connectivity index (χ2n) is 7.29. The van der Waals surface area contributed by atoms with Crippen LogP contribution in [-0.4, -0.2) is 28.2 Å². The maximum atomic E-state index is 14.3. The van der Waals surface area contributed by atoms with E-state index in [-0.39, 0.29) is 11.5 Å². The number of benzene rings is 2. The summed E-state index contributed by atoms with van der Waals surface area (Å²) in [5.41, 5.74) is 3.98. The number of likely N-dealkylation sites (tertiary alicyclic amines) is 1. The van der Waals surface area contributed by atoms with Crippen LogP contribution in [0.3, 0.4) is 0 Å². The smallest absolute Gasteiger partial charge is 0.134 e. The van der Waals surface area contributed by atoms with Crippen molar-refractivity contribution in [2.45, 2.75) is 32.2 Å². The molecular weight excluding hydrogens is 344 g/mol. The lowest BCUT2D eigenvalue weighted by atomic mass is 9.90. The molecule has 0 saturated carbocycles. The van der Waals surface area contributed by atoms with E-state index in [4.69, 9.17) is 0 Å². The molecule has 1 fully saturated rings. The quantitative estimate of drug-likeness (QED) is 0.700. The Morgan fingerprint density at radius 2 is 1.89 bits per heavy atom. The van der Waals surface area contributed by atoms with Gasteiger partial charge in [0, 0.05) is 30.3 Å². The fourth-order valence-electron chi connectivity index (χ4n) is 4.02. The maximum Gasteiger partial charge on any atom is 0.134 e. The summed E-state index contributed by atoms with van der Waals surface area (Å²) in [4.78, 5) is 2.42. The van der Waals surface area contributed by atoms with Crippen LogP contribution in [-0.2, 0) is 6.54 Å². The van der Waals surface area contributed by atoms with E-state index < -0.39 is 11.6 Å². The molecule has 1 N–H and O–H groups in total. The normalized spacial score (nSPS) is 18.0. The van der Waals surface area contributed by atoms with Crippen LogP contribution >= 0.6 is 0 Å². The fraction of sp³-hybridized carbons (Fsp3) is 0.318. The van der Waals surface area contributed by atoms with Crippen LogP contribution < -0.4 is 0 Å². The molecule has 1 aliphatic heterocycles. The summed E-state index contributed by atoms with van der Waals surface area (Å²) in [6.07, 6.45) is 3.57. The first-order valence-corrected chi connectivity index (χ1v) is 9.38. The first-order chi connectivity index (χ1) is 13.1. The fourth-order valence-corrected chi connectivity index (χ4v) is 4.02. The number of aromatic amines is 1. The van der Waals surface area contributed by atoms with Gasteiger partial charge in [0.2, 0.25) is 0 Å². The van der Waals surface area contributed by atoms with Gasteiger partial charge < -0.3 is 0 Å². The van der Waals surface area contributed by atoms with E-state index in [9.17, 15) is 8.78 Å². The first kappa shape index (κ1) is 17.9. The monoisotopic (exact) mass is 367 g/mol. The molecule has 5 heteroatoms. The lowest BCUT2D eigenvalue weighted by Gasteiger charge is -2.33. The number of nitrogens with one attached hydrogen (secondary N) is 1. The number of nitrogens with zero attached hydrogens (tertiary/aromatic N) is 2. The van der Waals surface area contributed by atoms with Gasteiger partial charge in [-0.05, 0) is 49.6 Å². The lowest BCUT2D eigenvalue weighted by Crippen LogP contribution is -2.34. The molecule has 4 rings (SSSR count). The second-order valence-corrected chi connectivity index (χ2v) is 7.29. The minimum Gasteiger partial charge on any atom is -0.298 e. The molecule has 27 heavy (non-hydrogen) atoms. The molecule has 1 saturated heterocycles. The number of hydrogen-bond donors (Lipinski definition) is 1. The Kier molecular flexibility index (Phi) is 5.03. The highest BCUT2D eigenvalue weighted by molar-refractivity contribution is 5.67. The Bertz CT molecular complexity index is 915. The molecular formula is C22H23F2N3. The maximum absolute atomic E-state index is 14.3. The highest BCUT2D eigenvalue weighted by Crippen LogP contribution is 2.35. The summed E-state index contributed by atoms with van der Waals surface area (Å²) in [7, 11) is 0. The number of piperidine rings is 1. The predicted molar refractivity (Wildman–Crippen MR) is 102 cm³/mol. The Morgan fingerprint density at radius 3 is 2.67 bits per heavy atom. The second kappa shape index (κ2) is 7.61. The molecule has 140 valence electrons. The predicted octanol–water partition coefficient (Wildman–Crippen LogP) is 5.04. The Balaban J connectivity index is 1.58. The highest BCUT2D eigenvalue weighted by Gasteiger charge is 2.27. The number of halogens is 2. The molecule has 0 amide bonds. The molecule has 0 spiro atoms. The molecule has 0 unspecified atom stereocenters. The van der Waals surface area contributed by atoms with Gasteiger partial charge in [-0.15, -0.1) is 0 Å². The third-order valence-electron chi connectivity index (χ3n) is 5.47. The van der Waals surface area contributed by atoms with Gasteiger partial charge in [0.15, 0.2) is 0 Å². The number of aromatic nitrogens is 2. The standard InChI is InChI=1S/C22H23F2N3/c1-15-6-2-3-7-16(15)13-27-11-5-8-17(14-27)22-18(12-25-26-22)21-19(23)9-4-10-20(21)24/h2-4,6-7,9-10,12,17H,5,8,11,13-14H2,1H3,(H,25,26)/t17-/m1/s1. The summed E-state index contributed by atoms with van der Waals surface area (Å²) in [6, 6.07) is 12.4. The minimum atomic E-state index is -0.551. The van der Waals surface area contributed by atoms with Crippen LogP contribution in [0, 0.1) is 18.6 Å². The summed E-state index contributed by atoms with van der Waals surface area (Å²) < 4.78 is 28.6. The zero-order valence-corrected chi connectivity index (χ0v) is 15.4. The van der Waals surface area contributed by atoms with E-state index in [1.54, 1.807) is 0 Å². The van der Waals surface area contributed by atoms with Gasteiger partial charge in [0.1, 0.15) is 11.6 Å². The number of rotatable bonds is 4. The zero-order valence-electron chi connectivity index (χ0n) is 15.4. The molecule has 3 nitrogen and oxygen atoms in total. The van der Waals surface area contributed by atoms with Gasteiger partial charge in [-0.3, -0.25) is 10.00 Å². The van der Waals surface area contributed by atoms with E-state index in [2.05, 4.69) is 46.3 Å². The molecule has 3 aromatic rings. The SMILES string of the molecule is Cc1ccccc1CN1CCC[C@@H](c2[nH]ncc2-c2c(F)cccc2F)C1. The van der Waals surface area contributed by atoms with Crippen molar-refractivity contribution in [3.05, 3.63) is 77.1 Å². The molecule has 2 heterocycles. The van der Waals surface area contributed by atoms with Gasteiger partial charge in [-0.25, -0.2) is 8.78 Å². The number of aryl methyl sites for hydroxylation is 1. The van der Waals surface area contributed by atoms with Crippen LogP contribution in [0.1, 0.15) is 35.6 Å². The third-order valence-corrected chi connectivity index (χ3v) is 5.47. The summed E-state index contributed by atoms with van der Waals surface area (Å²) >= 11 is 0. The van der Waals surface area contributed by atoms with E-state index >= 15 is 0 Å². The molecule has 0 aliphatic carbocycles. The number of H-pyrrole nitrogens is 1. The lowest BCUT2D eigenvalue weighted by molar-refractivity contribution is 0.198. The van der Waals surface area contributed by atoms with Crippen molar-refractivity contribution in [2.75, 3.05) is 13.1 Å². The van der Waals surface area contributed by atoms with E-state index in [0.717, 1.165) is 38.2 Å². The first-order valence-electron chi connectivity index (χ1n) is 9.38. The Morgan fingerprint density at radius 1 is 1.11 bits per heavy atom. The van der Waals surface area contributed by atoms with Gasteiger partial charge in [0.25, 0.3) is 0 Å². The van der Waals surface area contributed by atoms with E-state index in [0.29, 0.717) is 5.56 Å². The van der Waals surface area contributed by atoms with Crippen molar-refractivity contribution in [1.82, 2.24) is 15.1 Å². The van der Waals surface area contributed by atoms with Crippen LogP contribution in [0.4, 0.5) is 8.78 Å². The van der Waals surface area contributed by atoms with E-state index in [1.807, 2.05) is 0 Å². The molecule has 2 aromatic carbocycles. The minimum absolute atomic E-state index is 0.0114. The van der Waals surface area contributed by atoms with Crippen molar-refractivity contribution >= 4 is 0 Å². The molecule has 1 aromatic heterocycles. The Hall–Kier alpha value is -2.53. The molecule has 0 bridgehead atoms. The summed E-state index contributed by atoms with van der Waals surface area (Å²) in [5.74, 6) is -0.922. The molecule has 1 aliphatic rings. The van der Waals surface area contributed by atoms with Crippen LogP contribution in [0.2, 0.25) is 0 Å². The van der Waals surface area contributed by atoms with Crippen LogP contribution in [0.25, 0.3) is 11.1 Å². The van der Waals surface area contributed by atoms with Gasteiger partial charge in [0.05, 0.1) is 11.8 Å². The van der Waals surface area contributed by atoms with Crippen LogP contribution in [0.15, 0.2) is 48.7 Å².